The number of aryl methyl sites for hydroxylation is 1. The van der Waals surface area contributed by atoms with Gasteiger partial charge in [-0.15, -0.1) is 0 Å². The molecule has 0 aromatic heterocycles. The molecule has 0 heterocycles. The highest BCUT2D eigenvalue weighted by molar-refractivity contribution is 5.26. The molecule has 0 amide bonds. The highest BCUT2D eigenvalue weighted by Gasteiger charge is 2.22. The van der Waals surface area contributed by atoms with E-state index in [0.29, 0.717) is 0 Å². The van der Waals surface area contributed by atoms with Gasteiger partial charge in [-0.05, 0) is 112 Å². The first-order chi connectivity index (χ1) is 15.8. The van der Waals surface area contributed by atoms with E-state index < -0.39 is 0 Å². The molecule has 1 nitrogen and oxygen atoms in total. The van der Waals surface area contributed by atoms with Crippen molar-refractivity contribution in [2.24, 2.45) is 17.8 Å². The quantitative estimate of drug-likeness (QED) is 0.207. The van der Waals surface area contributed by atoms with Gasteiger partial charge in [-0.2, -0.15) is 5.26 Å². The molecular weight excluding hydrogens is 386 g/mol. The molecular formula is C31H43N. The molecule has 2 fully saturated rings. The van der Waals surface area contributed by atoms with Gasteiger partial charge in [0, 0.05) is 6.08 Å². The van der Waals surface area contributed by atoms with Gasteiger partial charge in [-0.3, -0.25) is 0 Å². The van der Waals surface area contributed by atoms with Crippen LogP contribution in [0.5, 0.6) is 0 Å². The smallest absolute Gasteiger partial charge is 0.0912 e. The monoisotopic (exact) mass is 429 g/mol. The number of nitrogens with zero attached hydrogens (tertiary/aromatic N) is 1. The van der Waals surface area contributed by atoms with E-state index in [-0.39, 0.29) is 0 Å². The zero-order chi connectivity index (χ0) is 22.4. The Balaban J connectivity index is 1.32. The summed E-state index contributed by atoms with van der Waals surface area (Å²) in [5.74, 6) is 3.29. The maximum absolute atomic E-state index is 8.49. The van der Waals surface area contributed by atoms with Crippen LogP contribution in [0.1, 0.15) is 101 Å². The molecule has 3 rings (SSSR count). The summed E-state index contributed by atoms with van der Waals surface area (Å²) in [7, 11) is 0. The molecule has 0 N–H and O–H groups in total. The number of hydrogen-bond acceptors (Lipinski definition) is 1. The van der Waals surface area contributed by atoms with Crippen molar-refractivity contribution < 1.29 is 0 Å². The molecule has 172 valence electrons. The summed E-state index contributed by atoms with van der Waals surface area (Å²) in [6, 6.07) is 11.6. The van der Waals surface area contributed by atoms with Crippen LogP contribution in [0.4, 0.5) is 0 Å². The molecule has 2 saturated carbocycles. The third kappa shape index (κ3) is 8.46. The lowest BCUT2D eigenvalue weighted by molar-refractivity contribution is 0.295. The second-order valence-electron chi connectivity index (χ2n) is 10.1. The Labute approximate surface area is 197 Å². The molecule has 0 radical (unpaired) electrons. The summed E-state index contributed by atoms with van der Waals surface area (Å²) >= 11 is 0. The number of benzene rings is 1. The highest BCUT2D eigenvalue weighted by Crippen LogP contribution is 2.38. The molecule has 1 aromatic carbocycles. The summed E-state index contributed by atoms with van der Waals surface area (Å²) in [4.78, 5) is 0. The molecule has 0 bridgehead atoms. The van der Waals surface area contributed by atoms with E-state index in [1.807, 2.05) is 18.2 Å². The Morgan fingerprint density at radius 3 is 2.16 bits per heavy atom. The summed E-state index contributed by atoms with van der Waals surface area (Å²) in [5.41, 5.74) is 3.08. The Bertz CT molecular complexity index is 760. The number of hydrogen-bond donors (Lipinski definition) is 0. The average molecular weight is 430 g/mol. The highest BCUT2D eigenvalue weighted by atomic mass is 14.3. The van der Waals surface area contributed by atoms with Gasteiger partial charge >= 0.3 is 0 Å². The lowest BCUT2D eigenvalue weighted by Gasteiger charge is -2.29. The second kappa shape index (κ2) is 14.2. The van der Waals surface area contributed by atoms with Gasteiger partial charge in [-0.25, -0.2) is 0 Å². The van der Waals surface area contributed by atoms with Gasteiger partial charge in [-0.1, -0.05) is 68.0 Å². The molecule has 0 spiro atoms. The first-order valence-electron chi connectivity index (χ1n) is 13.3. The zero-order valence-electron chi connectivity index (χ0n) is 20.2. The van der Waals surface area contributed by atoms with E-state index in [0.717, 1.165) is 30.1 Å². The Kier molecular flexibility index (Phi) is 10.9. The van der Waals surface area contributed by atoms with Gasteiger partial charge < -0.3 is 0 Å². The molecule has 1 aromatic rings. The fourth-order valence-electron chi connectivity index (χ4n) is 5.57. The van der Waals surface area contributed by atoms with Crippen molar-refractivity contribution in [1.29, 1.82) is 5.26 Å². The number of nitriles is 1. The van der Waals surface area contributed by atoms with Crippen molar-refractivity contribution >= 4 is 0 Å². The van der Waals surface area contributed by atoms with Crippen LogP contribution in [-0.4, -0.2) is 0 Å². The van der Waals surface area contributed by atoms with Crippen LogP contribution in [0.2, 0.25) is 0 Å². The SMILES string of the molecule is CCCCc1ccc(C2CCC(C=CC3CCC(CCC=CC=CC#N)CC3)CC2)cc1. The molecule has 0 atom stereocenters. The topological polar surface area (TPSA) is 23.8 Å². The molecule has 2 aliphatic rings. The lowest BCUT2D eigenvalue weighted by Crippen LogP contribution is -2.14. The van der Waals surface area contributed by atoms with Gasteiger partial charge in [0.25, 0.3) is 0 Å². The molecule has 1 heteroatoms. The van der Waals surface area contributed by atoms with E-state index >= 15 is 0 Å². The first kappa shape index (κ1) is 24.6. The molecule has 2 aliphatic carbocycles. The van der Waals surface area contributed by atoms with Gasteiger partial charge in [0.15, 0.2) is 0 Å². The Hall–Kier alpha value is -2.07. The fraction of sp³-hybridized carbons (Fsp3) is 0.581. The molecule has 0 saturated heterocycles. The van der Waals surface area contributed by atoms with Crippen molar-refractivity contribution in [3.63, 3.8) is 0 Å². The maximum Gasteiger partial charge on any atom is 0.0912 e. The van der Waals surface area contributed by atoms with Crippen molar-refractivity contribution in [3.05, 3.63) is 71.8 Å². The van der Waals surface area contributed by atoms with E-state index in [2.05, 4.69) is 49.4 Å². The van der Waals surface area contributed by atoms with Crippen molar-refractivity contribution in [3.8, 4) is 6.07 Å². The Morgan fingerprint density at radius 2 is 1.53 bits per heavy atom. The van der Waals surface area contributed by atoms with Crippen molar-refractivity contribution in [2.75, 3.05) is 0 Å². The minimum absolute atomic E-state index is 0.778. The third-order valence-electron chi connectivity index (χ3n) is 7.75. The van der Waals surface area contributed by atoms with Gasteiger partial charge in [0.05, 0.1) is 6.07 Å². The van der Waals surface area contributed by atoms with Crippen LogP contribution in [0, 0.1) is 29.1 Å². The van der Waals surface area contributed by atoms with Crippen LogP contribution in [0.3, 0.4) is 0 Å². The minimum Gasteiger partial charge on any atom is -0.193 e. The fourth-order valence-corrected chi connectivity index (χ4v) is 5.57. The third-order valence-corrected chi connectivity index (χ3v) is 7.75. The largest absolute Gasteiger partial charge is 0.193 e. The predicted octanol–water partition coefficient (Wildman–Crippen LogP) is 9.08. The zero-order valence-corrected chi connectivity index (χ0v) is 20.2. The summed E-state index contributed by atoms with van der Waals surface area (Å²) in [5, 5.41) is 8.49. The van der Waals surface area contributed by atoms with Crippen LogP contribution in [0.15, 0.2) is 60.7 Å². The number of unbranched alkanes of at least 4 members (excludes halogenated alkanes) is 1. The molecule has 0 aliphatic heterocycles. The van der Waals surface area contributed by atoms with E-state index in [4.69, 9.17) is 5.26 Å². The standard InChI is InChI=1S/C31H43N/c1-2-3-9-26-17-21-30(22-18-26)31-23-19-29(20-24-31)16-15-28-13-11-27(12-14-28)10-7-5-4-6-8-25-32/h4-6,8,15-18,21-22,27-29,31H,2-3,7,9-14,19-20,23-24H2,1H3. The van der Waals surface area contributed by atoms with Crippen LogP contribution in [-0.2, 0) is 6.42 Å². The second-order valence-corrected chi connectivity index (χ2v) is 10.1. The lowest BCUT2D eigenvalue weighted by atomic mass is 9.76. The summed E-state index contributed by atoms with van der Waals surface area (Å²) < 4.78 is 0. The maximum atomic E-state index is 8.49. The van der Waals surface area contributed by atoms with E-state index in [1.165, 1.54) is 88.7 Å². The normalized spacial score (nSPS) is 26.8. The summed E-state index contributed by atoms with van der Waals surface area (Å²) in [6.07, 6.45) is 30.0. The van der Waals surface area contributed by atoms with Crippen LogP contribution in [0.25, 0.3) is 0 Å². The van der Waals surface area contributed by atoms with Crippen molar-refractivity contribution in [2.45, 2.75) is 96.3 Å². The molecule has 0 unspecified atom stereocenters. The van der Waals surface area contributed by atoms with Crippen LogP contribution >= 0.6 is 0 Å². The van der Waals surface area contributed by atoms with Crippen molar-refractivity contribution in [1.82, 2.24) is 0 Å². The van der Waals surface area contributed by atoms with Gasteiger partial charge in [0.2, 0.25) is 0 Å². The Morgan fingerprint density at radius 1 is 0.875 bits per heavy atom. The van der Waals surface area contributed by atoms with E-state index in [9.17, 15) is 0 Å². The number of allylic oxidation sites excluding steroid dienone is 6. The minimum atomic E-state index is 0.778. The summed E-state index contributed by atoms with van der Waals surface area (Å²) in [6.45, 7) is 2.27. The van der Waals surface area contributed by atoms with Gasteiger partial charge in [0.1, 0.15) is 0 Å². The van der Waals surface area contributed by atoms with E-state index in [1.54, 1.807) is 5.56 Å². The first-order valence-corrected chi connectivity index (χ1v) is 13.3. The number of rotatable bonds is 10. The average Bonchev–Trinajstić information content (AvgIpc) is 2.85. The predicted molar refractivity (Wildman–Crippen MR) is 137 cm³/mol. The molecule has 32 heavy (non-hydrogen) atoms. The van der Waals surface area contributed by atoms with Crippen LogP contribution < -0.4 is 0 Å².